The maximum atomic E-state index is 15.0. The van der Waals surface area contributed by atoms with Crippen LogP contribution in [0.1, 0.15) is 50.5 Å². The summed E-state index contributed by atoms with van der Waals surface area (Å²) in [4.78, 5) is 33.5. The van der Waals surface area contributed by atoms with Gasteiger partial charge in [-0.15, -0.1) is 0 Å². The standard InChI is InChI=1S/C40H53FN6O6S/c1-3-37(48)46-23-33-22-32(46)24-47(33)54(51,52)34-13-11-31(12-14-34)44-26-39(50,27-44)25-43-19-15-28(16-20-43)40(45-17-6-18-45,29-7-4-8-30(41)21-29)35-9-5-10-36(35)42-38(49)53-2/h3-4,7-8,11-14,21,28,32-33,35-36,50H,1,5-6,9-10,15-20,22-27H2,2H3,(H,42,49)/t32-,33-,35-,36-,40?/m0/s1. The SMILES string of the molecule is C=CC(=O)N1C[C@@H]2C[C@H]1CN2S(=O)(=O)c1ccc(N2CC(O)(CN3CCC(C(c4cccc(F)c4)([C@H]4CCC[C@@H]4NC(=O)OC)N4CCC4)CC3)C2)cc1. The number of carbonyl (C=O) groups is 2. The highest BCUT2D eigenvalue weighted by atomic mass is 32.2. The summed E-state index contributed by atoms with van der Waals surface area (Å²) in [5.41, 5.74) is 0.552. The van der Waals surface area contributed by atoms with E-state index in [0.717, 1.165) is 76.0 Å². The maximum absolute atomic E-state index is 15.0. The summed E-state index contributed by atoms with van der Waals surface area (Å²) >= 11 is 0. The van der Waals surface area contributed by atoms with E-state index < -0.39 is 27.3 Å². The summed E-state index contributed by atoms with van der Waals surface area (Å²) in [6.45, 7) is 9.19. The van der Waals surface area contributed by atoms with E-state index in [1.54, 1.807) is 23.1 Å². The van der Waals surface area contributed by atoms with Crippen molar-refractivity contribution in [2.24, 2.45) is 11.8 Å². The van der Waals surface area contributed by atoms with Gasteiger partial charge in [-0.1, -0.05) is 25.1 Å². The number of fused-ring (bicyclic) bond motifs is 2. The summed E-state index contributed by atoms with van der Waals surface area (Å²) in [6, 6.07) is 13.6. The Balaban J connectivity index is 0.908. The monoisotopic (exact) mass is 764 g/mol. The molecule has 6 fully saturated rings. The molecule has 0 spiro atoms. The van der Waals surface area contributed by atoms with Gasteiger partial charge >= 0.3 is 6.09 Å². The second-order valence-corrected chi connectivity index (χ2v) is 18.3. The van der Waals surface area contributed by atoms with Gasteiger partial charge in [0.05, 0.1) is 17.5 Å². The average Bonchev–Trinajstić information content (AvgIpc) is 3.89. The Labute approximate surface area is 317 Å². The predicted molar refractivity (Wildman–Crippen MR) is 202 cm³/mol. The Morgan fingerprint density at radius 1 is 1.02 bits per heavy atom. The number of carbonyl (C=O) groups excluding carboxylic acids is 2. The first-order valence-electron chi connectivity index (χ1n) is 19.6. The number of aliphatic hydroxyl groups is 1. The molecule has 0 aromatic heterocycles. The lowest BCUT2D eigenvalue weighted by atomic mass is 9.62. The third kappa shape index (κ3) is 6.51. The van der Waals surface area contributed by atoms with Crippen LogP contribution in [-0.4, -0.2) is 134 Å². The second-order valence-electron chi connectivity index (χ2n) is 16.4. The molecule has 5 heterocycles. The molecule has 2 bridgehead atoms. The van der Waals surface area contributed by atoms with E-state index in [9.17, 15) is 27.5 Å². The Hall–Kier alpha value is -3.56. The maximum Gasteiger partial charge on any atom is 0.407 e. The molecule has 1 saturated carbocycles. The fourth-order valence-corrected chi connectivity index (χ4v) is 12.6. The van der Waals surface area contributed by atoms with E-state index in [1.807, 2.05) is 18.2 Å². The number of anilines is 1. The van der Waals surface area contributed by atoms with E-state index in [4.69, 9.17) is 4.74 Å². The van der Waals surface area contributed by atoms with Crippen LogP contribution in [0.25, 0.3) is 0 Å². The number of alkyl carbamates (subject to hydrolysis) is 1. The van der Waals surface area contributed by atoms with E-state index >= 15 is 0 Å². The minimum Gasteiger partial charge on any atom is -0.453 e. The van der Waals surface area contributed by atoms with Gasteiger partial charge in [0, 0.05) is 75.5 Å². The number of rotatable bonds is 11. The second kappa shape index (κ2) is 14.5. The fraction of sp³-hybridized carbons (Fsp3) is 0.600. The zero-order valence-electron chi connectivity index (χ0n) is 31.1. The molecular formula is C40H53FN6O6S. The Morgan fingerprint density at radius 3 is 2.37 bits per heavy atom. The quantitative estimate of drug-likeness (QED) is 0.332. The number of sulfonamides is 1. The number of piperidine rings is 1. The number of likely N-dealkylation sites (tertiary alicyclic amines) is 3. The Bertz CT molecular complexity index is 1850. The first-order chi connectivity index (χ1) is 25.9. The van der Waals surface area contributed by atoms with Crippen LogP contribution in [0.3, 0.4) is 0 Å². The number of amides is 2. The predicted octanol–water partition coefficient (Wildman–Crippen LogP) is 3.37. The number of methoxy groups -OCH3 is 1. The van der Waals surface area contributed by atoms with Crippen molar-refractivity contribution in [3.63, 3.8) is 0 Å². The van der Waals surface area contributed by atoms with Crippen LogP contribution in [-0.2, 0) is 25.1 Å². The molecule has 2 aromatic carbocycles. The number of benzene rings is 2. The van der Waals surface area contributed by atoms with Crippen LogP contribution >= 0.6 is 0 Å². The Morgan fingerprint density at radius 2 is 1.76 bits per heavy atom. The summed E-state index contributed by atoms with van der Waals surface area (Å²) in [7, 11) is -2.31. The third-order valence-electron chi connectivity index (χ3n) is 13.4. The van der Waals surface area contributed by atoms with Gasteiger partial charge in [0.1, 0.15) is 11.4 Å². The molecule has 5 aliphatic heterocycles. The van der Waals surface area contributed by atoms with Crippen molar-refractivity contribution in [2.45, 2.75) is 79.1 Å². The largest absolute Gasteiger partial charge is 0.453 e. The van der Waals surface area contributed by atoms with E-state index in [1.165, 1.54) is 23.6 Å². The smallest absolute Gasteiger partial charge is 0.407 e. The molecule has 6 aliphatic rings. The molecule has 292 valence electrons. The molecule has 1 aliphatic carbocycles. The molecule has 2 aromatic rings. The van der Waals surface area contributed by atoms with Crippen LogP contribution in [0.15, 0.2) is 66.1 Å². The van der Waals surface area contributed by atoms with Gasteiger partial charge in [-0.2, -0.15) is 4.31 Å². The average molecular weight is 765 g/mol. The summed E-state index contributed by atoms with van der Waals surface area (Å²) < 4.78 is 48.6. The molecule has 12 nitrogen and oxygen atoms in total. The van der Waals surface area contributed by atoms with Crippen molar-refractivity contribution in [2.75, 3.05) is 70.9 Å². The molecule has 2 amide bonds. The Kier molecular flexibility index (Phi) is 10.0. The summed E-state index contributed by atoms with van der Waals surface area (Å²) in [5.74, 6) is -0.0411. The molecule has 0 radical (unpaired) electrons. The van der Waals surface area contributed by atoms with Crippen LogP contribution < -0.4 is 10.2 Å². The highest BCUT2D eigenvalue weighted by Crippen LogP contribution is 2.54. The molecular weight excluding hydrogens is 712 g/mol. The van der Waals surface area contributed by atoms with Crippen LogP contribution in [0.5, 0.6) is 0 Å². The van der Waals surface area contributed by atoms with Crippen molar-refractivity contribution in [1.29, 1.82) is 0 Å². The van der Waals surface area contributed by atoms with Crippen molar-refractivity contribution in [1.82, 2.24) is 24.3 Å². The van der Waals surface area contributed by atoms with Crippen molar-refractivity contribution < 1.29 is 32.2 Å². The first kappa shape index (κ1) is 37.4. The lowest BCUT2D eigenvalue weighted by Crippen LogP contribution is -2.68. The number of halogens is 1. The van der Waals surface area contributed by atoms with E-state index in [2.05, 4.69) is 32.7 Å². The highest BCUT2D eigenvalue weighted by Gasteiger charge is 2.57. The number of piperazine rings is 1. The number of ether oxygens (including phenoxy) is 1. The minimum atomic E-state index is -3.70. The van der Waals surface area contributed by atoms with Crippen molar-refractivity contribution in [3.05, 3.63) is 72.6 Å². The van der Waals surface area contributed by atoms with Crippen molar-refractivity contribution in [3.8, 4) is 0 Å². The van der Waals surface area contributed by atoms with Gasteiger partial charge in [-0.25, -0.2) is 17.6 Å². The fourth-order valence-electron chi connectivity index (χ4n) is 10.9. The summed E-state index contributed by atoms with van der Waals surface area (Å²) in [5, 5.41) is 14.8. The van der Waals surface area contributed by atoms with Crippen LogP contribution in [0, 0.1) is 17.7 Å². The molecule has 14 heteroatoms. The molecule has 1 unspecified atom stereocenters. The minimum absolute atomic E-state index is 0.0641. The zero-order chi connectivity index (χ0) is 37.8. The molecule has 5 saturated heterocycles. The van der Waals surface area contributed by atoms with Gasteiger partial charge in [0.15, 0.2) is 0 Å². The number of nitrogens with one attached hydrogen (secondary N) is 1. The number of β-amino-alcohol motifs (C(OH)–C–C–N with tert-alkyl or cyclic N) is 1. The highest BCUT2D eigenvalue weighted by molar-refractivity contribution is 7.89. The molecule has 54 heavy (non-hydrogen) atoms. The lowest BCUT2D eigenvalue weighted by Gasteiger charge is -2.59. The molecule has 2 N–H and O–H groups in total. The molecule has 8 rings (SSSR count). The van der Waals surface area contributed by atoms with Crippen LogP contribution in [0.2, 0.25) is 0 Å². The van der Waals surface area contributed by atoms with Gasteiger partial charge < -0.3 is 29.9 Å². The van der Waals surface area contributed by atoms with E-state index in [0.29, 0.717) is 39.1 Å². The van der Waals surface area contributed by atoms with E-state index in [-0.39, 0.29) is 46.6 Å². The van der Waals surface area contributed by atoms with Gasteiger partial charge in [0.25, 0.3) is 0 Å². The van der Waals surface area contributed by atoms with Gasteiger partial charge in [-0.3, -0.25) is 9.69 Å². The lowest BCUT2D eigenvalue weighted by molar-refractivity contribution is -0.127. The number of nitrogens with zero attached hydrogens (tertiary/aromatic N) is 5. The van der Waals surface area contributed by atoms with Crippen molar-refractivity contribution >= 4 is 27.7 Å². The van der Waals surface area contributed by atoms with Gasteiger partial charge in [0.2, 0.25) is 15.9 Å². The zero-order valence-corrected chi connectivity index (χ0v) is 31.9. The first-order valence-corrected chi connectivity index (χ1v) is 21.0. The normalized spacial score (nSPS) is 28.6. The number of hydrogen-bond acceptors (Lipinski definition) is 9. The molecule has 5 atom stereocenters. The van der Waals surface area contributed by atoms with Gasteiger partial charge in [-0.05, 0) is 106 Å². The third-order valence-corrected chi connectivity index (χ3v) is 15.3. The number of hydrogen-bond donors (Lipinski definition) is 2. The topological polar surface area (TPSA) is 126 Å². The van der Waals surface area contributed by atoms with Crippen LogP contribution in [0.4, 0.5) is 14.9 Å². The summed E-state index contributed by atoms with van der Waals surface area (Å²) in [6.07, 6.45) is 7.18.